The SMILES string of the molecule is CC(O)(CC(=O)Nc1ccc(F)c(C(N)=O)c1)c1ccccc1. The maximum atomic E-state index is 13.4. The van der Waals surface area contributed by atoms with Gasteiger partial charge >= 0.3 is 0 Å². The lowest BCUT2D eigenvalue weighted by Gasteiger charge is -2.23. The third-order valence-electron chi connectivity index (χ3n) is 3.42. The van der Waals surface area contributed by atoms with Crippen molar-refractivity contribution >= 4 is 17.5 Å². The fourth-order valence-electron chi connectivity index (χ4n) is 2.21. The van der Waals surface area contributed by atoms with Crippen LogP contribution in [0.5, 0.6) is 0 Å². The third-order valence-corrected chi connectivity index (χ3v) is 3.42. The second kappa shape index (κ2) is 6.58. The van der Waals surface area contributed by atoms with Gasteiger partial charge in [-0.2, -0.15) is 0 Å². The lowest BCUT2D eigenvalue weighted by atomic mass is 9.92. The minimum atomic E-state index is -1.35. The molecule has 0 saturated carbocycles. The number of anilines is 1. The highest BCUT2D eigenvalue weighted by molar-refractivity contribution is 5.96. The van der Waals surface area contributed by atoms with Crippen LogP contribution in [-0.2, 0) is 10.4 Å². The number of amides is 2. The van der Waals surface area contributed by atoms with Crippen LogP contribution in [-0.4, -0.2) is 16.9 Å². The molecule has 0 aromatic heterocycles. The van der Waals surface area contributed by atoms with Crippen molar-refractivity contribution in [3.63, 3.8) is 0 Å². The normalized spacial score (nSPS) is 13.2. The van der Waals surface area contributed by atoms with Crippen LogP contribution in [0.15, 0.2) is 48.5 Å². The summed E-state index contributed by atoms with van der Waals surface area (Å²) < 4.78 is 13.4. The van der Waals surface area contributed by atoms with Gasteiger partial charge in [-0.05, 0) is 30.7 Å². The van der Waals surface area contributed by atoms with Gasteiger partial charge in [-0.25, -0.2) is 4.39 Å². The highest BCUT2D eigenvalue weighted by Gasteiger charge is 2.26. The lowest BCUT2D eigenvalue weighted by molar-refractivity contribution is -0.120. The minimum absolute atomic E-state index is 0.194. The Morgan fingerprint density at radius 1 is 1.22 bits per heavy atom. The minimum Gasteiger partial charge on any atom is -0.385 e. The van der Waals surface area contributed by atoms with Gasteiger partial charge < -0.3 is 16.2 Å². The van der Waals surface area contributed by atoms with Gasteiger partial charge in [0.1, 0.15) is 5.82 Å². The lowest BCUT2D eigenvalue weighted by Crippen LogP contribution is -2.28. The number of nitrogens with two attached hydrogens (primary N) is 1. The van der Waals surface area contributed by atoms with Crippen LogP contribution in [0.4, 0.5) is 10.1 Å². The van der Waals surface area contributed by atoms with Gasteiger partial charge in [-0.15, -0.1) is 0 Å². The predicted molar refractivity (Wildman–Crippen MR) is 84.2 cm³/mol. The van der Waals surface area contributed by atoms with Crippen molar-refractivity contribution in [2.75, 3.05) is 5.32 Å². The fraction of sp³-hybridized carbons (Fsp3) is 0.176. The Morgan fingerprint density at radius 2 is 1.87 bits per heavy atom. The van der Waals surface area contributed by atoms with Gasteiger partial charge in [-0.3, -0.25) is 9.59 Å². The maximum Gasteiger partial charge on any atom is 0.251 e. The van der Waals surface area contributed by atoms with E-state index >= 15 is 0 Å². The largest absolute Gasteiger partial charge is 0.385 e. The summed E-state index contributed by atoms with van der Waals surface area (Å²) in [5.74, 6) is -2.15. The zero-order chi connectivity index (χ0) is 17.0. The smallest absolute Gasteiger partial charge is 0.251 e. The van der Waals surface area contributed by atoms with Gasteiger partial charge in [0.25, 0.3) is 5.91 Å². The number of nitrogens with one attached hydrogen (secondary N) is 1. The van der Waals surface area contributed by atoms with E-state index in [2.05, 4.69) is 5.32 Å². The van der Waals surface area contributed by atoms with Crippen molar-refractivity contribution in [2.45, 2.75) is 18.9 Å². The molecule has 0 radical (unpaired) electrons. The van der Waals surface area contributed by atoms with E-state index in [1.54, 1.807) is 24.3 Å². The molecule has 1 atom stereocenters. The zero-order valence-electron chi connectivity index (χ0n) is 12.5. The van der Waals surface area contributed by atoms with Crippen LogP contribution in [0.3, 0.4) is 0 Å². The molecule has 2 aromatic carbocycles. The Labute approximate surface area is 132 Å². The number of aliphatic hydroxyl groups is 1. The molecule has 0 spiro atoms. The number of hydrogen-bond acceptors (Lipinski definition) is 3. The summed E-state index contributed by atoms with van der Waals surface area (Å²) in [6, 6.07) is 12.3. The van der Waals surface area contributed by atoms with Crippen molar-refractivity contribution < 1.29 is 19.1 Å². The molecule has 0 heterocycles. The van der Waals surface area contributed by atoms with Gasteiger partial charge in [0.15, 0.2) is 0 Å². The topological polar surface area (TPSA) is 92.4 Å². The molecule has 0 aliphatic rings. The van der Waals surface area contributed by atoms with Gasteiger partial charge in [0, 0.05) is 5.69 Å². The monoisotopic (exact) mass is 316 g/mol. The first-order chi connectivity index (χ1) is 10.8. The fourth-order valence-corrected chi connectivity index (χ4v) is 2.21. The highest BCUT2D eigenvalue weighted by atomic mass is 19.1. The van der Waals surface area contributed by atoms with Crippen LogP contribution < -0.4 is 11.1 Å². The molecule has 6 heteroatoms. The summed E-state index contributed by atoms with van der Waals surface area (Å²) in [5.41, 5.74) is 4.24. The number of carbonyl (C=O) groups is 2. The van der Waals surface area contributed by atoms with E-state index in [1.807, 2.05) is 6.07 Å². The zero-order valence-corrected chi connectivity index (χ0v) is 12.5. The van der Waals surface area contributed by atoms with Gasteiger partial charge in [0.2, 0.25) is 5.91 Å². The first-order valence-electron chi connectivity index (χ1n) is 6.97. The summed E-state index contributed by atoms with van der Waals surface area (Å²) in [6.07, 6.45) is -0.194. The molecule has 2 aromatic rings. The van der Waals surface area contributed by atoms with Crippen molar-refractivity contribution in [1.29, 1.82) is 0 Å². The van der Waals surface area contributed by atoms with Crippen LogP contribution >= 0.6 is 0 Å². The first-order valence-corrected chi connectivity index (χ1v) is 6.97. The van der Waals surface area contributed by atoms with E-state index in [1.165, 1.54) is 13.0 Å². The van der Waals surface area contributed by atoms with Crippen molar-refractivity contribution in [1.82, 2.24) is 0 Å². The van der Waals surface area contributed by atoms with Crippen molar-refractivity contribution in [3.8, 4) is 0 Å². The molecule has 0 saturated heterocycles. The molecule has 5 nitrogen and oxygen atoms in total. The van der Waals surface area contributed by atoms with E-state index in [0.29, 0.717) is 5.56 Å². The Hall–Kier alpha value is -2.73. The molecule has 0 aliphatic heterocycles. The Bertz CT molecular complexity index is 730. The van der Waals surface area contributed by atoms with E-state index < -0.39 is 23.2 Å². The molecular weight excluding hydrogens is 299 g/mol. The number of benzene rings is 2. The average molecular weight is 316 g/mol. The molecule has 120 valence electrons. The third kappa shape index (κ3) is 4.14. The Morgan fingerprint density at radius 3 is 2.48 bits per heavy atom. The molecule has 2 rings (SSSR count). The molecular formula is C17H17FN2O3. The standard InChI is InChI=1S/C17H17FN2O3/c1-17(23,11-5-3-2-4-6-11)10-15(21)20-12-7-8-14(18)13(9-12)16(19)22/h2-9,23H,10H2,1H3,(H2,19,22)(H,20,21). The summed E-state index contributed by atoms with van der Waals surface area (Å²) in [7, 11) is 0. The van der Waals surface area contributed by atoms with Crippen LogP contribution in [0, 0.1) is 5.82 Å². The molecule has 0 fully saturated rings. The van der Waals surface area contributed by atoms with Crippen LogP contribution in [0.25, 0.3) is 0 Å². The molecule has 2 amide bonds. The second-order valence-corrected chi connectivity index (χ2v) is 5.42. The van der Waals surface area contributed by atoms with E-state index in [-0.39, 0.29) is 17.7 Å². The molecule has 4 N–H and O–H groups in total. The van der Waals surface area contributed by atoms with Crippen molar-refractivity contribution in [3.05, 3.63) is 65.5 Å². The maximum absolute atomic E-state index is 13.4. The summed E-state index contributed by atoms with van der Waals surface area (Å²) in [5, 5.41) is 12.9. The second-order valence-electron chi connectivity index (χ2n) is 5.42. The van der Waals surface area contributed by atoms with Crippen LogP contribution in [0.1, 0.15) is 29.3 Å². The molecule has 0 bridgehead atoms. The first kappa shape index (κ1) is 16.6. The van der Waals surface area contributed by atoms with Crippen LogP contribution in [0.2, 0.25) is 0 Å². The molecule has 0 aliphatic carbocycles. The summed E-state index contributed by atoms with van der Waals surface area (Å²) in [6.45, 7) is 1.53. The summed E-state index contributed by atoms with van der Waals surface area (Å²) >= 11 is 0. The van der Waals surface area contributed by atoms with E-state index in [4.69, 9.17) is 5.73 Å². The van der Waals surface area contributed by atoms with E-state index in [0.717, 1.165) is 12.1 Å². The number of rotatable bonds is 5. The molecule has 23 heavy (non-hydrogen) atoms. The Balaban J connectivity index is 2.11. The summed E-state index contributed by atoms with van der Waals surface area (Å²) in [4.78, 5) is 23.2. The van der Waals surface area contributed by atoms with E-state index in [9.17, 15) is 19.1 Å². The number of hydrogen-bond donors (Lipinski definition) is 3. The average Bonchev–Trinajstić information content (AvgIpc) is 2.49. The highest BCUT2D eigenvalue weighted by Crippen LogP contribution is 2.25. The number of primary amides is 1. The quantitative estimate of drug-likeness (QED) is 0.789. The Kier molecular flexibility index (Phi) is 4.76. The number of halogens is 1. The van der Waals surface area contributed by atoms with Gasteiger partial charge in [-0.1, -0.05) is 30.3 Å². The predicted octanol–water partition coefficient (Wildman–Crippen LogP) is 2.16. The molecule has 1 unspecified atom stereocenters. The number of carbonyl (C=O) groups excluding carboxylic acids is 2. The van der Waals surface area contributed by atoms with Gasteiger partial charge in [0.05, 0.1) is 17.6 Å². The van der Waals surface area contributed by atoms with Crippen molar-refractivity contribution in [2.24, 2.45) is 5.73 Å².